The van der Waals surface area contributed by atoms with E-state index in [1.807, 2.05) is 48.5 Å². The second-order valence-corrected chi connectivity index (χ2v) is 5.77. The van der Waals surface area contributed by atoms with Crippen LogP contribution in [0, 0.1) is 0 Å². The van der Waals surface area contributed by atoms with E-state index in [2.05, 4.69) is 20.8 Å². The Morgan fingerprint density at radius 3 is 2.73 bits per heavy atom. The zero-order valence-corrected chi connectivity index (χ0v) is 13.2. The summed E-state index contributed by atoms with van der Waals surface area (Å²) in [4.78, 5) is 15.8. The largest absolute Gasteiger partial charge is 0.325 e. The fraction of sp³-hybridized carbons (Fsp3) is 0.0667. The SMILES string of the molecule is O=C(CSC(=S)N/N=C/c1ccccn1)Nc1ccccc1. The molecule has 0 aliphatic rings. The van der Waals surface area contributed by atoms with E-state index in [9.17, 15) is 4.79 Å². The first-order chi connectivity index (χ1) is 10.7. The van der Waals surface area contributed by atoms with Gasteiger partial charge < -0.3 is 5.32 Å². The van der Waals surface area contributed by atoms with Crippen LogP contribution in [-0.2, 0) is 4.79 Å². The summed E-state index contributed by atoms with van der Waals surface area (Å²) < 4.78 is 0.426. The number of benzene rings is 1. The molecule has 22 heavy (non-hydrogen) atoms. The Morgan fingerprint density at radius 2 is 2.00 bits per heavy atom. The zero-order valence-electron chi connectivity index (χ0n) is 11.6. The molecule has 5 nitrogen and oxygen atoms in total. The molecule has 1 aromatic heterocycles. The van der Waals surface area contributed by atoms with Crippen LogP contribution in [0.4, 0.5) is 5.69 Å². The average molecular weight is 330 g/mol. The van der Waals surface area contributed by atoms with Gasteiger partial charge in [-0.15, -0.1) is 0 Å². The number of thioether (sulfide) groups is 1. The summed E-state index contributed by atoms with van der Waals surface area (Å²) in [7, 11) is 0. The molecule has 0 spiro atoms. The molecule has 0 fully saturated rings. The van der Waals surface area contributed by atoms with Gasteiger partial charge in [0.05, 0.1) is 17.7 Å². The highest BCUT2D eigenvalue weighted by Gasteiger charge is 2.04. The summed E-state index contributed by atoms with van der Waals surface area (Å²) in [5.74, 6) is 0.105. The number of pyridine rings is 1. The molecule has 0 aliphatic carbocycles. The van der Waals surface area contributed by atoms with Gasteiger partial charge in [-0.1, -0.05) is 48.2 Å². The fourth-order valence-electron chi connectivity index (χ4n) is 1.49. The molecule has 7 heteroatoms. The minimum absolute atomic E-state index is 0.117. The molecule has 0 bridgehead atoms. The van der Waals surface area contributed by atoms with Crippen LogP contribution in [-0.4, -0.2) is 27.2 Å². The number of anilines is 1. The van der Waals surface area contributed by atoms with Crippen LogP contribution in [0.5, 0.6) is 0 Å². The van der Waals surface area contributed by atoms with Crippen LogP contribution in [0.3, 0.4) is 0 Å². The summed E-state index contributed by atoms with van der Waals surface area (Å²) in [6.07, 6.45) is 3.25. The second-order valence-electron chi connectivity index (χ2n) is 4.11. The first kappa shape index (κ1) is 16.1. The lowest BCUT2D eigenvalue weighted by molar-refractivity contribution is -0.113. The van der Waals surface area contributed by atoms with Crippen molar-refractivity contribution in [3.8, 4) is 0 Å². The molecule has 2 N–H and O–H groups in total. The number of aromatic nitrogens is 1. The number of hydrazone groups is 1. The van der Waals surface area contributed by atoms with Gasteiger partial charge in [0.2, 0.25) is 5.91 Å². The number of para-hydroxylation sites is 1. The summed E-state index contributed by atoms with van der Waals surface area (Å²) in [6, 6.07) is 14.8. The summed E-state index contributed by atoms with van der Waals surface area (Å²) in [6.45, 7) is 0. The highest BCUT2D eigenvalue weighted by atomic mass is 32.2. The number of carbonyl (C=O) groups is 1. The molecular formula is C15H14N4OS2. The van der Waals surface area contributed by atoms with E-state index in [4.69, 9.17) is 12.2 Å². The molecule has 1 amide bonds. The van der Waals surface area contributed by atoms with Crippen molar-refractivity contribution in [2.24, 2.45) is 5.10 Å². The average Bonchev–Trinajstić information content (AvgIpc) is 2.55. The molecule has 0 saturated heterocycles. The smallest absolute Gasteiger partial charge is 0.234 e. The van der Waals surface area contributed by atoms with E-state index in [0.29, 0.717) is 4.32 Å². The van der Waals surface area contributed by atoms with Crippen LogP contribution in [0.1, 0.15) is 5.69 Å². The van der Waals surface area contributed by atoms with Crippen molar-refractivity contribution in [3.63, 3.8) is 0 Å². The second kappa shape index (κ2) is 8.91. The van der Waals surface area contributed by atoms with Gasteiger partial charge in [-0.3, -0.25) is 15.2 Å². The molecule has 1 aromatic carbocycles. The van der Waals surface area contributed by atoms with Gasteiger partial charge in [0, 0.05) is 11.9 Å². The molecule has 0 unspecified atom stereocenters. The highest BCUT2D eigenvalue weighted by Crippen LogP contribution is 2.07. The number of nitrogens with one attached hydrogen (secondary N) is 2. The number of carbonyl (C=O) groups excluding carboxylic acids is 1. The van der Waals surface area contributed by atoms with Gasteiger partial charge in [0.25, 0.3) is 0 Å². The standard InChI is InChI=1S/C15H14N4OS2/c20-14(18-12-6-2-1-3-7-12)11-22-15(21)19-17-10-13-8-4-5-9-16-13/h1-10H,11H2,(H,18,20)(H,19,21)/b17-10+. The van der Waals surface area contributed by atoms with E-state index in [1.165, 1.54) is 11.8 Å². The molecule has 0 atom stereocenters. The van der Waals surface area contributed by atoms with E-state index in [0.717, 1.165) is 11.4 Å². The predicted octanol–water partition coefficient (Wildman–Crippen LogP) is 2.66. The van der Waals surface area contributed by atoms with Crippen LogP contribution >= 0.6 is 24.0 Å². The fourth-order valence-corrected chi connectivity index (χ4v) is 2.17. The first-order valence-corrected chi connectivity index (χ1v) is 7.85. The van der Waals surface area contributed by atoms with Gasteiger partial charge in [-0.2, -0.15) is 5.10 Å². The van der Waals surface area contributed by atoms with Crippen LogP contribution < -0.4 is 10.7 Å². The minimum Gasteiger partial charge on any atom is -0.325 e. The maximum atomic E-state index is 11.7. The normalized spacial score (nSPS) is 10.4. The van der Waals surface area contributed by atoms with Crippen molar-refractivity contribution in [2.75, 3.05) is 11.1 Å². The Kier molecular flexibility index (Phi) is 6.53. The minimum atomic E-state index is -0.117. The topological polar surface area (TPSA) is 66.4 Å². The number of hydrogen-bond donors (Lipinski definition) is 2. The number of nitrogens with zero attached hydrogens (tertiary/aromatic N) is 2. The van der Waals surface area contributed by atoms with Gasteiger partial charge >= 0.3 is 0 Å². The van der Waals surface area contributed by atoms with Crippen molar-refractivity contribution in [3.05, 3.63) is 60.4 Å². The molecule has 112 valence electrons. The zero-order chi connectivity index (χ0) is 15.6. The van der Waals surface area contributed by atoms with Crippen LogP contribution in [0.2, 0.25) is 0 Å². The molecule has 2 aromatic rings. The highest BCUT2D eigenvalue weighted by molar-refractivity contribution is 8.23. The Hall–Kier alpha value is -2.25. The van der Waals surface area contributed by atoms with E-state index in [-0.39, 0.29) is 11.7 Å². The third kappa shape index (κ3) is 6.02. The van der Waals surface area contributed by atoms with Crippen molar-refractivity contribution < 1.29 is 4.79 Å². The number of thiocarbonyl (C=S) groups is 1. The number of rotatable bonds is 5. The Balaban J connectivity index is 1.69. The predicted molar refractivity (Wildman–Crippen MR) is 95.1 cm³/mol. The lowest BCUT2D eigenvalue weighted by Crippen LogP contribution is -2.18. The van der Waals surface area contributed by atoms with Gasteiger partial charge in [0.1, 0.15) is 0 Å². The molecule has 0 saturated carbocycles. The van der Waals surface area contributed by atoms with Gasteiger partial charge in [-0.05, 0) is 24.3 Å². The van der Waals surface area contributed by atoms with E-state index >= 15 is 0 Å². The van der Waals surface area contributed by atoms with Crippen molar-refractivity contribution >= 4 is 46.1 Å². The van der Waals surface area contributed by atoms with Gasteiger partial charge in [-0.25, -0.2) is 0 Å². The van der Waals surface area contributed by atoms with Crippen LogP contribution in [0.15, 0.2) is 59.8 Å². The van der Waals surface area contributed by atoms with Crippen molar-refractivity contribution in [2.45, 2.75) is 0 Å². The molecule has 0 aliphatic heterocycles. The number of hydrogen-bond acceptors (Lipinski definition) is 5. The maximum Gasteiger partial charge on any atom is 0.234 e. The van der Waals surface area contributed by atoms with E-state index < -0.39 is 0 Å². The van der Waals surface area contributed by atoms with Gasteiger partial charge in [0.15, 0.2) is 4.32 Å². The van der Waals surface area contributed by atoms with Crippen LogP contribution in [0.25, 0.3) is 0 Å². The maximum absolute atomic E-state index is 11.7. The monoisotopic (exact) mass is 330 g/mol. The van der Waals surface area contributed by atoms with Crippen molar-refractivity contribution in [1.29, 1.82) is 0 Å². The molecule has 1 heterocycles. The molecule has 2 rings (SSSR count). The summed E-state index contributed by atoms with van der Waals surface area (Å²) in [5, 5.41) is 6.76. The third-order valence-corrected chi connectivity index (χ3v) is 3.64. The lowest BCUT2D eigenvalue weighted by Gasteiger charge is -2.05. The van der Waals surface area contributed by atoms with Crippen molar-refractivity contribution in [1.82, 2.24) is 10.4 Å². The number of amides is 1. The first-order valence-electron chi connectivity index (χ1n) is 6.46. The lowest BCUT2D eigenvalue weighted by atomic mass is 10.3. The van der Waals surface area contributed by atoms with E-state index in [1.54, 1.807) is 12.4 Å². The Bertz CT molecular complexity index is 647. The molecule has 0 radical (unpaired) electrons. The Morgan fingerprint density at radius 1 is 1.23 bits per heavy atom. The molecular weight excluding hydrogens is 316 g/mol. The third-order valence-electron chi connectivity index (χ3n) is 2.43. The quantitative estimate of drug-likeness (QED) is 0.501. The summed E-state index contributed by atoms with van der Waals surface area (Å²) >= 11 is 6.30. The summed E-state index contributed by atoms with van der Waals surface area (Å²) in [5.41, 5.74) is 4.18. The Labute approximate surface area is 138 Å².